The SMILES string of the molecule is C=C[C@H]1C[C@@H](COC(=O)c2ccccc2)O[C@H]1n1ccc(=O)n(Cc2ccc(OC)cc2)c1=O. The maximum atomic E-state index is 13.2. The summed E-state index contributed by atoms with van der Waals surface area (Å²) in [6.07, 6.45) is 2.62. The topological polar surface area (TPSA) is 88.8 Å². The molecule has 0 N–H and O–H groups in total. The smallest absolute Gasteiger partial charge is 0.338 e. The Bertz CT molecular complexity index is 1260. The van der Waals surface area contributed by atoms with Gasteiger partial charge in [-0.25, -0.2) is 9.59 Å². The first-order valence-corrected chi connectivity index (χ1v) is 10.9. The number of carbonyl (C=O) groups is 1. The molecule has 0 spiro atoms. The van der Waals surface area contributed by atoms with Crippen LogP contribution in [-0.4, -0.2) is 34.9 Å². The lowest BCUT2D eigenvalue weighted by Crippen LogP contribution is -2.41. The minimum atomic E-state index is -0.659. The van der Waals surface area contributed by atoms with Gasteiger partial charge >= 0.3 is 11.7 Å². The van der Waals surface area contributed by atoms with Crippen LogP contribution in [0.4, 0.5) is 0 Å². The molecule has 0 radical (unpaired) electrons. The maximum absolute atomic E-state index is 13.2. The Kier molecular flexibility index (Phi) is 7.08. The number of benzene rings is 2. The average molecular weight is 463 g/mol. The molecule has 1 aliphatic heterocycles. The van der Waals surface area contributed by atoms with Gasteiger partial charge in [-0.05, 0) is 36.2 Å². The first-order chi connectivity index (χ1) is 16.5. The number of ether oxygens (including phenoxy) is 3. The average Bonchev–Trinajstić information content (AvgIpc) is 3.29. The van der Waals surface area contributed by atoms with Crippen LogP contribution in [0.3, 0.4) is 0 Å². The Balaban J connectivity index is 1.50. The number of hydrogen-bond donors (Lipinski definition) is 0. The summed E-state index contributed by atoms with van der Waals surface area (Å²) in [7, 11) is 1.57. The molecule has 2 aromatic carbocycles. The van der Waals surface area contributed by atoms with Crippen LogP contribution < -0.4 is 16.0 Å². The van der Waals surface area contributed by atoms with Crippen molar-refractivity contribution in [2.45, 2.75) is 25.3 Å². The fourth-order valence-corrected chi connectivity index (χ4v) is 3.98. The van der Waals surface area contributed by atoms with E-state index in [1.807, 2.05) is 6.07 Å². The largest absolute Gasteiger partial charge is 0.497 e. The normalized spacial score (nSPS) is 19.5. The molecule has 1 aromatic heterocycles. The van der Waals surface area contributed by atoms with Crippen molar-refractivity contribution in [1.82, 2.24) is 9.13 Å². The van der Waals surface area contributed by atoms with Crippen molar-refractivity contribution in [2.75, 3.05) is 13.7 Å². The number of hydrogen-bond acceptors (Lipinski definition) is 6. The zero-order valence-electron chi connectivity index (χ0n) is 18.8. The molecule has 3 atom stereocenters. The summed E-state index contributed by atoms with van der Waals surface area (Å²) in [5.41, 5.74) is 0.357. The van der Waals surface area contributed by atoms with Crippen molar-refractivity contribution < 1.29 is 19.0 Å². The molecule has 0 bridgehead atoms. The molecular weight excluding hydrogens is 436 g/mol. The van der Waals surface area contributed by atoms with Gasteiger partial charge in [-0.15, -0.1) is 6.58 Å². The van der Waals surface area contributed by atoms with Gasteiger partial charge < -0.3 is 14.2 Å². The number of aromatic nitrogens is 2. The van der Waals surface area contributed by atoms with Crippen molar-refractivity contribution in [3.05, 3.63) is 111 Å². The maximum Gasteiger partial charge on any atom is 0.338 e. The third-order valence-corrected chi connectivity index (χ3v) is 5.82. The van der Waals surface area contributed by atoms with E-state index in [4.69, 9.17) is 14.2 Å². The van der Waals surface area contributed by atoms with E-state index in [0.29, 0.717) is 17.7 Å². The molecule has 1 aliphatic rings. The summed E-state index contributed by atoms with van der Waals surface area (Å²) in [6.45, 7) is 4.03. The van der Waals surface area contributed by atoms with Crippen LogP contribution in [0, 0.1) is 5.92 Å². The van der Waals surface area contributed by atoms with E-state index < -0.39 is 29.6 Å². The Hall–Kier alpha value is -3.91. The minimum absolute atomic E-state index is 0.0504. The summed E-state index contributed by atoms with van der Waals surface area (Å²) in [5.74, 6) is 0.0619. The van der Waals surface area contributed by atoms with Crippen molar-refractivity contribution in [2.24, 2.45) is 5.92 Å². The van der Waals surface area contributed by atoms with Gasteiger partial charge in [-0.3, -0.25) is 13.9 Å². The van der Waals surface area contributed by atoms with Gasteiger partial charge in [0, 0.05) is 18.2 Å². The van der Waals surface area contributed by atoms with E-state index in [0.717, 1.165) is 10.1 Å². The van der Waals surface area contributed by atoms with Crippen molar-refractivity contribution in [3.63, 3.8) is 0 Å². The van der Waals surface area contributed by atoms with Crippen molar-refractivity contribution in [3.8, 4) is 5.75 Å². The number of esters is 1. The van der Waals surface area contributed by atoms with Crippen LogP contribution >= 0.6 is 0 Å². The molecule has 1 saturated heterocycles. The standard InChI is InChI=1S/C26H26N2O6/c1-3-19-15-22(17-33-25(30)20-7-5-4-6-8-20)34-24(19)27-14-13-23(29)28(26(27)31)16-18-9-11-21(32-2)12-10-18/h3-14,19,22,24H,1,15-17H2,2H3/t19-,22-,24+/m0/s1. The number of carbonyl (C=O) groups excluding carboxylic acids is 1. The number of methoxy groups -OCH3 is 1. The van der Waals surface area contributed by atoms with E-state index in [-0.39, 0.29) is 19.1 Å². The van der Waals surface area contributed by atoms with Crippen LogP contribution in [0.25, 0.3) is 0 Å². The highest BCUT2D eigenvalue weighted by Gasteiger charge is 2.36. The Labute approximate surface area is 196 Å². The van der Waals surface area contributed by atoms with Crippen LogP contribution in [0.1, 0.15) is 28.6 Å². The highest BCUT2D eigenvalue weighted by molar-refractivity contribution is 5.89. The third kappa shape index (κ3) is 5.02. The van der Waals surface area contributed by atoms with E-state index >= 15 is 0 Å². The van der Waals surface area contributed by atoms with E-state index in [1.165, 1.54) is 16.8 Å². The van der Waals surface area contributed by atoms with E-state index in [2.05, 4.69) is 6.58 Å². The second-order valence-electron chi connectivity index (χ2n) is 8.03. The minimum Gasteiger partial charge on any atom is -0.497 e. The van der Waals surface area contributed by atoms with E-state index in [9.17, 15) is 14.4 Å². The molecule has 2 heterocycles. The molecule has 0 saturated carbocycles. The molecule has 8 heteroatoms. The monoisotopic (exact) mass is 462 g/mol. The van der Waals surface area contributed by atoms with Crippen LogP contribution in [0.2, 0.25) is 0 Å². The summed E-state index contributed by atoms with van der Waals surface area (Å²) < 4.78 is 19.2. The second kappa shape index (κ2) is 10.4. The molecule has 176 valence electrons. The zero-order valence-corrected chi connectivity index (χ0v) is 18.8. The molecule has 0 aliphatic carbocycles. The molecule has 0 amide bonds. The molecule has 34 heavy (non-hydrogen) atoms. The van der Waals surface area contributed by atoms with Crippen LogP contribution in [0.15, 0.2) is 89.1 Å². The molecular formula is C26H26N2O6. The van der Waals surface area contributed by atoms with Gasteiger partial charge in [0.1, 0.15) is 18.6 Å². The summed E-state index contributed by atoms with van der Waals surface area (Å²) >= 11 is 0. The van der Waals surface area contributed by atoms with Crippen LogP contribution in [-0.2, 0) is 16.0 Å². The predicted octanol–water partition coefficient (Wildman–Crippen LogP) is 3.01. The van der Waals surface area contributed by atoms with Gasteiger partial charge in [-0.2, -0.15) is 0 Å². The van der Waals surface area contributed by atoms with Crippen LogP contribution in [0.5, 0.6) is 5.75 Å². The van der Waals surface area contributed by atoms with Gasteiger partial charge in [0.15, 0.2) is 0 Å². The lowest BCUT2D eigenvalue weighted by Gasteiger charge is -2.20. The lowest BCUT2D eigenvalue weighted by molar-refractivity contribution is -0.0395. The quantitative estimate of drug-likeness (QED) is 0.378. The first-order valence-electron chi connectivity index (χ1n) is 10.9. The Morgan fingerprint density at radius 1 is 1.12 bits per heavy atom. The Morgan fingerprint density at radius 2 is 1.85 bits per heavy atom. The fourth-order valence-electron chi connectivity index (χ4n) is 3.98. The molecule has 3 aromatic rings. The van der Waals surface area contributed by atoms with Crippen molar-refractivity contribution in [1.29, 1.82) is 0 Å². The number of nitrogens with zero attached hydrogens (tertiary/aromatic N) is 2. The molecule has 8 nitrogen and oxygen atoms in total. The molecule has 1 fully saturated rings. The van der Waals surface area contributed by atoms with Gasteiger partial charge in [0.05, 0.1) is 25.3 Å². The summed E-state index contributed by atoms with van der Waals surface area (Å²) in [5, 5.41) is 0. The predicted molar refractivity (Wildman–Crippen MR) is 126 cm³/mol. The molecule has 0 unspecified atom stereocenters. The third-order valence-electron chi connectivity index (χ3n) is 5.82. The zero-order chi connectivity index (χ0) is 24.1. The van der Waals surface area contributed by atoms with Gasteiger partial charge in [-0.1, -0.05) is 36.4 Å². The fraction of sp³-hybridized carbons (Fsp3) is 0.269. The highest BCUT2D eigenvalue weighted by Crippen LogP contribution is 2.34. The highest BCUT2D eigenvalue weighted by atomic mass is 16.6. The second-order valence-corrected chi connectivity index (χ2v) is 8.03. The lowest BCUT2D eigenvalue weighted by atomic mass is 10.0. The molecule has 4 rings (SSSR count). The van der Waals surface area contributed by atoms with Gasteiger partial charge in [0.2, 0.25) is 0 Å². The summed E-state index contributed by atoms with van der Waals surface area (Å²) in [6, 6.07) is 17.2. The first kappa shape index (κ1) is 23.3. The van der Waals surface area contributed by atoms with E-state index in [1.54, 1.807) is 61.7 Å². The Morgan fingerprint density at radius 3 is 2.53 bits per heavy atom. The van der Waals surface area contributed by atoms with Crippen molar-refractivity contribution >= 4 is 5.97 Å². The summed E-state index contributed by atoms with van der Waals surface area (Å²) in [4.78, 5) is 37.9. The van der Waals surface area contributed by atoms with Gasteiger partial charge in [0.25, 0.3) is 5.56 Å². The number of rotatable bonds is 8.